The highest BCUT2D eigenvalue weighted by molar-refractivity contribution is 7.99. The molecule has 0 aliphatic rings. The van der Waals surface area contributed by atoms with E-state index in [0.29, 0.717) is 28.2 Å². The molecule has 2 aromatic carbocycles. The van der Waals surface area contributed by atoms with E-state index in [9.17, 15) is 0 Å². The van der Waals surface area contributed by atoms with Crippen molar-refractivity contribution in [3.63, 3.8) is 0 Å². The molecule has 0 aliphatic heterocycles. The molecular weight excluding hydrogens is 486 g/mol. The maximum atomic E-state index is 6.27. The third-order valence-electron chi connectivity index (χ3n) is 3.71. The van der Waals surface area contributed by atoms with Crippen LogP contribution in [0.3, 0.4) is 0 Å². The Morgan fingerprint density at radius 1 is 0.967 bits per heavy atom. The summed E-state index contributed by atoms with van der Waals surface area (Å²) >= 11 is 25.4. The second kappa shape index (κ2) is 13.5. The van der Waals surface area contributed by atoms with Gasteiger partial charge in [-0.25, -0.2) is 0 Å². The smallest absolute Gasteiger partial charge is 0.156 e. The van der Waals surface area contributed by atoms with Crippen molar-refractivity contribution < 1.29 is 14.2 Å². The molecule has 30 heavy (non-hydrogen) atoms. The fourth-order valence-corrected chi connectivity index (χ4v) is 4.03. The summed E-state index contributed by atoms with van der Waals surface area (Å²) in [5, 5.41) is 0.799. The monoisotopic (exact) mass is 508 g/mol. The molecule has 2 rings (SSSR count). The maximum absolute atomic E-state index is 6.27. The topological polar surface area (TPSA) is 27.7 Å². The zero-order valence-electron chi connectivity index (χ0n) is 16.8. The Morgan fingerprint density at radius 2 is 1.63 bits per heavy atom. The minimum atomic E-state index is 0.141. The number of hydrogen-bond acceptors (Lipinski definition) is 4. The molecule has 0 N–H and O–H groups in total. The van der Waals surface area contributed by atoms with Gasteiger partial charge in [0.1, 0.15) is 22.6 Å². The number of rotatable bonds is 12. The van der Waals surface area contributed by atoms with Crippen LogP contribution in [0.15, 0.2) is 51.9 Å². The molecule has 0 bridgehead atoms. The molecule has 0 heterocycles. The Morgan fingerprint density at radius 3 is 2.23 bits per heavy atom. The molecule has 164 valence electrons. The largest absolute Gasteiger partial charge is 0.491 e. The minimum absolute atomic E-state index is 0.141. The van der Waals surface area contributed by atoms with Gasteiger partial charge in [0.15, 0.2) is 5.75 Å². The van der Waals surface area contributed by atoms with Gasteiger partial charge < -0.3 is 14.2 Å². The van der Waals surface area contributed by atoms with Crippen molar-refractivity contribution in [2.75, 3.05) is 19.0 Å². The van der Waals surface area contributed by atoms with Gasteiger partial charge in [-0.05, 0) is 62.8 Å². The average Bonchev–Trinajstić information content (AvgIpc) is 2.67. The first-order chi connectivity index (χ1) is 14.3. The highest BCUT2D eigenvalue weighted by atomic mass is 35.5. The van der Waals surface area contributed by atoms with Crippen LogP contribution >= 0.6 is 58.2 Å². The Labute approximate surface area is 202 Å². The molecule has 0 atom stereocenters. The Bertz CT molecular complexity index is 799. The molecule has 0 aromatic heterocycles. The number of benzene rings is 2. The lowest BCUT2D eigenvalue weighted by Crippen LogP contribution is -2.05. The van der Waals surface area contributed by atoms with E-state index in [2.05, 4.69) is 12.1 Å². The molecular formula is C22H24Cl4O3S. The van der Waals surface area contributed by atoms with Crippen molar-refractivity contribution in [2.45, 2.75) is 37.7 Å². The molecule has 0 aliphatic carbocycles. The van der Waals surface area contributed by atoms with E-state index in [1.54, 1.807) is 12.1 Å². The highest BCUT2D eigenvalue weighted by Gasteiger charge is 2.10. The number of thioether (sulfide) groups is 1. The van der Waals surface area contributed by atoms with Gasteiger partial charge >= 0.3 is 0 Å². The zero-order valence-corrected chi connectivity index (χ0v) is 20.6. The maximum Gasteiger partial charge on any atom is 0.156 e. The fourth-order valence-electron chi connectivity index (χ4n) is 2.41. The lowest BCUT2D eigenvalue weighted by atomic mass is 10.3. The van der Waals surface area contributed by atoms with Gasteiger partial charge in [0, 0.05) is 17.0 Å². The van der Waals surface area contributed by atoms with Crippen LogP contribution in [0.5, 0.6) is 17.2 Å². The molecule has 0 saturated heterocycles. The van der Waals surface area contributed by atoms with Crippen molar-refractivity contribution >= 4 is 58.2 Å². The van der Waals surface area contributed by atoms with Crippen LogP contribution in [0.2, 0.25) is 10.0 Å². The molecule has 0 spiro atoms. The van der Waals surface area contributed by atoms with Crippen molar-refractivity contribution in [1.29, 1.82) is 0 Å². The van der Waals surface area contributed by atoms with E-state index in [-0.39, 0.29) is 17.2 Å². The zero-order chi connectivity index (χ0) is 21.9. The molecule has 3 nitrogen and oxygen atoms in total. The van der Waals surface area contributed by atoms with E-state index in [1.807, 2.05) is 37.7 Å². The first kappa shape index (κ1) is 25.4. The lowest BCUT2D eigenvalue weighted by molar-refractivity contribution is 0.242. The van der Waals surface area contributed by atoms with E-state index < -0.39 is 0 Å². The summed E-state index contributed by atoms with van der Waals surface area (Å²) in [6.45, 7) is 4.79. The van der Waals surface area contributed by atoms with Crippen LogP contribution in [0.1, 0.15) is 26.7 Å². The second-order valence-corrected chi connectivity index (χ2v) is 9.55. The summed E-state index contributed by atoms with van der Waals surface area (Å²) in [4.78, 5) is 1.22. The van der Waals surface area contributed by atoms with Gasteiger partial charge in [0.2, 0.25) is 0 Å². The number of hydrogen-bond donors (Lipinski definition) is 0. The predicted octanol–water partition coefficient (Wildman–Crippen LogP) is 8.43. The fraction of sp³-hybridized carbons (Fsp3) is 0.364. The molecule has 0 radical (unpaired) electrons. The van der Waals surface area contributed by atoms with E-state index >= 15 is 0 Å². The van der Waals surface area contributed by atoms with Crippen LogP contribution in [-0.2, 0) is 0 Å². The quantitative estimate of drug-likeness (QED) is 0.212. The third kappa shape index (κ3) is 9.49. The van der Waals surface area contributed by atoms with Crippen LogP contribution < -0.4 is 14.2 Å². The summed E-state index contributed by atoms with van der Waals surface area (Å²) in [5.74, 6) is 2.88. The lowest BCUT2D eigenvalue weighted by Gasteiger charge is -2.12. The SMILES string of the molecule is CC(C)Oc1ccc(SCCCCOc2c(Cl)cc(OCC=C(Cl)Cl)cc2Cl)cc1. The predicted molar refractivity (Wildman–Crippen MR) is 129 cm³/mol. The average molecular weight is 510 g/mol. The van der Waals surface area contributed by atoms with Crippen molar-refractivity contribution in [3.05, 3.63) is 57.0 Å². The van der Waals surface area contributed by atoms with E-state index in [0.717, 1.165) is 24.3 Å². The number of unbranched alkanes of at least 4 members (excludes halogenated alkanes) is 1. The van der Waals surface area contributed by atoms with Gasteiger partial charge in [0.25, 0.3) is 0 Å². The van der Waals surface area contributed by atoms with Crippen molar-refractivity contribution in [1.82, 2.24) is 0 Å². The summed E-state index contributed by atoms with van der Waals surface area (Å²) in [6, 6.07) is 11.5. The van der Waals surface area contributed by atoms with E-state index in [1.165, 1.54) is 11.0 Å². The Kier molecular flexibility index (Phi) is 11.4. The number of halogens is 4. The van der Waals surface area contributed by atoms with Gasteiger partial charge in [-0.15, -0.1) is 11.8 Å². The van der Waals surface area contributed by atoms with Crippen LogP contribution in [0.25, 0.3) is 0 Å². The first-order valence-electron chi connectivity index (χ1n) is 9.50. The number of ether oxygens (including phenoxy) is 3. The van der Waals surface area contributed by atoms with Crippen molar-refractivity contribution in [3.8, 4) is 17.2 Å². The second-order valence-electron chi connectivity index (χ2n) is 6.56. The summed E-state index contributed by atoms with van der Waals surface area (Å²) in [6.07, 6.45) is 3.62. The molecule has 0 fully saturated rings. The summed E-state index contributed by atoms with van der Waals surface area (Å²) in [5.41, 5.74) is 0. The van der Waals surface area contributed by atoms with Crippen LogP contribution in [0, 0.1) is 0 Å². The molecule has 0 saturated carbocycles. The summed E-state index contributed by atoms with van der Waals surface area (Å²) < 4.78 is 17.0. The van der Waals surface area contributed by atoms with Crippen LogP contribution in [-0.4, -0.2) is 25.1 Å². The molecule has 2 aromatic rings. The molecule has 0 unspecified atom stereocenters. The molecule has 0 amide bonds. The third-order valence-corrected chi connectivity index (χ3v) is 5.68. The normalized spacial score (nSPS) is 10.8. The standard InChI is InChI=1S/C22H24Cl4O3S/c1-15(2)29-16-5-7-18(8-6-16)30-12-4-3-10-28-22-19(23)13-17(14-20(22)24)27-11-9-21(25)26/h5-9,13-15H,3-4,10-12H2,1-2H3. The highest BCUT2D eigenvalue weighted by Crippen LogP contribution is 2.37. The first-order valence-corrected chi connectivity index (χ1v) is 12.0. The Balaban J connectivity index is 1.70. The van der Waals surface area contributed by atoms with Gasteiger partial charge in [-0.3, -0.25) is 0 Å². The Hall–Kier alpha value is -0.910. The van der Waals surface area contributed by atoms with Gasteiger partial charge in [0.05, 0.1) is 22.8 Å². The van der Waals surface area contributed by atoms with Crippen LogP contribution in [0.4, 0.5) is 0 Å². The van der Waals surface area contributed by atoms with Gasteiger partial charge in [-0.2, -0.15) is 0 Å². The molecule has 8 heteroatoms. The summed E-state index contributed by atoms with van der Waals surface area (Å²) in [7, 11) is 0. The minimum Gasteiger partial charge on any atom is -0.491 e. The van der Waals surface area contributed by atoms with Crippen molar-refractivity contribution in [2.24, 2.45) is 0 Å². The van der Waals surface area contributed by atoms with E-state index in [4.69, 9.17) is 60.6 Å². The van der Waals surface area contributed by atoms with Gasteiger partial charge in [-0.1, -0.05) is 46.4 Å².